The molecular formula is C23H28N4O. The summed E-state index contributed by atoms with van der Waals surface area (Å²) in [7, 11) is 1.67. The number of hydrogen-bond donors (Lipinski definition) is 1. The van der Waals surface area contributed by atoms with Gasteiger partial charge in [-0.05, 0) is 44.0 Å². The topological polar surface area (TPSA) is 50.3 Å². The molecule has 0 aliphatic rings. The summed E-state index contributed by atoms with van der Waals surface area (Å²) in [6.45, 7) is 7.81. The van der Waals surface area contributed by atoms with E-state index in [-0.39, 0.29) is 6.04 Å². The fraction of sp³-hybridized carbons (Fsp3) is 0.304. The minimum absolute atomic E-state index is 0.288. The van der Waals surface area contributed by atoms with Gasteiger partial charge in [-0.15, -0.1) is 0 Å². The van der Waals surface area contributed by atoms with Gasteiger partial charge >= 0.3 is 0 Å². The van der Waals surface area contributed by atoms with Crippen LogP contribution in [0.3, 0.4) is 0 Å². The number of anilines is 2. The van der Waals surface area contributed by atoms with Crippen LogP contribution in [0.2, 0.25) is 0 Å². The first-order valence-electron chi connectivity index (χ1n) is 9.58. The van der Waals surface area contributed by atoms with Gasteiger partial charge in [-0.1, -0.05) is 42.5 Å². The Kier molecular flexibility index (Phi) is 6.48. The Bertz CT molecular complexity index is 879. The van der Waals surface area contributed by atoms with E-state index in [0.717, 1.165) is 29.8 Å². The lowest BCUT2D eigenvalue weighted by molar-refractivity contribution is 0.414. The summed E-state index contributed by atoms with van der Waals surface area (Å²) in [5.41, 5.74) is 3.36. The molecular weight excluding hydrogens is 348 g/mol. The predicted octanol–water partition coefficient (Wildman–Crippen LogP) is 4.82. The normalized spacial score (nSPS) is 10.8. The van der Waals surface area contributed by atoms with Crippen LogP contribution in [0.4, 0.5) is 11.8 Å². The van der Waals surface area contributed by atoms with Crippen molar-refractivity contribution in [1.29, 1.82) is 0 Å². The Morgan fingerprint density at radius 3 is 2.32 bits per heavy atom. The summed E-state index contributed by atoms with van der Waals surface area (Å²) in [4.78, 5) is 11.7. The van der Waals surface area contributed by atoms with Gasteiger partial charge in [0.15, 0.2) is 0 Å². The van der Waals surface area contributed by atoms with Crippen LogP contribution in [0, 0.1) is 6.92 Å². The summed E-state index contributed by atoms with van der Waals surface area (Å²) < 4.78 is 5.21. The molecule has 3 rings (SSSR count). The highest BCUT2D eigenvalue weighted by Gasteiger charge is 2.15. The molecule has 0 atom stereocenters. The molecule has 0 aliphatic heterocycles. The summed E-state index contributed by atoms with van der Waals surface area (Å²) in [6.07, 6.45) is 0. The molecule has 0 saturated carbocycles. The second-order valence-electron chi connectivity index (χ2n) is 7.10. The number of ether oxygens (including phenoxy) is 1. The van der Waals surface area contributed by atoms with Crippen LogP contribution in [0.1, 0.15) is 30.7 Å². The molecule has 28 heavy (non-hydrogen) atoms. The van der Waals surface area contributed by atoms with E-state index >= 15 is 0 Å². The second kappa shape index (κ2) is 9.22. The number of rotatable bonds is 8. The maximum atomic E-state index is 5.21. The first-order valence-corrected chi connectivity index (χ1v) is 9.58. The molecule has 0 spiro atoms. The van der Waals surface area contributed by atoms with Crippen molar-refractivity contribution in [2.45, 2.75) is 39.9 Å². The average molecular weight is 377 g/mol. The average Bonchev–Trinajstić information content (AvgIpc) is 2.71. The zero-order chi connectivity index (χ0) is 19.9. The minimum atomic E-state index is 0.288. The molecule has 1 aromatic heterocycles. The number of aryl methyl sites for hydroxylation is 1. The third-order valence-electron chi connectivity index (χ3n) is 4.55. The van der Waals surface area contributed by atoms with E-state index in [1.807, 2.05) is 31.2 Å². The van der Waals surface area contributed by atoms with E-state index < -0.39 is 0 Å². The van der Waals surface area contributed by atoms with Crippen LogP contribution >= 0.6 is 0 Å². The highest BCUT2D eigenvalue weighted by Crippen LogP contribution is 2.20. The van der Waals surface area contributed by atoms with Crippen molar-refractivity contribution in [2.24, 2.45) is 0 Å². The van der Waals surface area contributed by atoms with Crippen LogP contribution in [-0.4, -0.2) is 23.1 Å². The van der Waals surface area contributed by atoms with Crippen molar-refractivity contribution in [3.05, 3.63) is 77.5 Å². The SMILES string of the molecule is COc1ccc(CNc2cc(C)nc(N(Cc3ccccc3)C(C)C)n2)cc1. The molecule has 2 aromatic carbocycles. The van der Waals surface area contributed by atoms with E-state index in [4.69, 9.17) is 9.72 Å². The van der Waals surface area contributed by atoms with Gasteiger partial charge in [0.1, 0.15) is 11.6 Å². The third kappa shape index (κ3) is 5.22. The number of methoxy groups -OCH3 is 1. The number of nitrogens with zero attached hydrogens (tertiary/aromatic N) is 3. The van der Waals surface area contributed by atoms with Crippen molar-refractivity contribution in [3.8, 4) is 5.75 Å². The number of benzene rings is 2. The minimum Gasteiger partial charge on any atom is -0.497 e. The maximum Gasteiger partial charge on any atom is 0.228 e. The van der Waals surface area contributed by atoms with Crippen LogP contribution < -0.4 is 15.0 Å². The second-order valence-corrected chi connectivity index (χ2v) is 7.10. The highest BCUT2D eigenvalue weighted by atomic mass is 16.5. The molecule has 3 aromatic rings. The maximum absolute atomic E-state index is 5.21. The molecule has 1 heterocycles. The van der Waals surface area contributed by atoms with E-state index in [1.54, 1.807) is 7.11 Å². The van der Waals surface area contributed by atoms with E-state index in [2.05, 4.69) is 65.4 Å². The molecule has 0 radical (unpaired) electrons. The third-order valence-corrected chi connectivity index (χ3v) is 4.55. The Labute approximate surface area is 167 Å². The molecule has 5 heteroatoms. The Hall–Kier alpha value is -3.08. The largest absolute Gasteiger partial charge is 0.497 e. The van der Waals surface area contributed by atoms with Crippen molar-refractivity contribution in [2.75, 3.05) is 17.3 Å². The molecule has 5 nitrogen and oxygen atoms in total. The number of aromatic nitrogens is 2. The fourth-order valence-electron chi connectivity index (χ4n) is 2.97. The van der Waals surface area contributed by atoms with Crippen LogP contribution in [-0.2, 0) is 13.1 Å². The number of nitrogens with one attached hydrogen (secondary N) is 1. The lowest BCUT2D eigenvalue weighted by Crippen LogP contribution is -2.32. The Morgan fingerprint density at radius 2 is 1.68 bits per heavy atom. The quantitative estimate of drug-likeness (QED) is 0.611. The summed E-state index contributed by atoms with van der Waals surface area (Å²) in [5, 5.41) is 3.42. The molecule has 1 N–H and O–H groups in total. The standard InChI is InChI=1S/C23H28N4O/c1-17(2)27(16-20-8-6-5-7-9-20)23-25-18(3)14-22(26-23)24-15-19-10-12-21(28-4)13-11-19/h5-14,17H,15-16H2,1-4H3,(H,24,25,26). The molecule has 0 unspecified atom stereocenters. The first-order chi connectivity index (χ1) is 13.5. The van der Waals surface area contributed by atoms with Gasteiger partial charge < -0.3 is 15.0 Å². The van der Waals surface area contributed by atoms with E-state index in [1.165, 1.54) is 11.1 Å². The van der Waals surface area contributed by atoms with Crippen molar-refractivity contribution < 1.29 is 4.74 Å². The van der Waals surface area contributed by atoms with Crippen molar-refractivity contribution >= 4 is 11.8 Å². The van der Waals surface area contributed by atoms with Gasteiger partial charge in [-0.3, -0.25) is 0 Å². The smallest absolute Gasteiger partial charge is 0.228 e. The highest BCUT2D eigenvalue weighted by molar-refractivity contribution is 5.45. The monoisotopic (exact) mass is 376 g/mol. The summed E-state index contributed by atoms with van der Waals surface area (Å²) >= 11 is 0. The Morgan fingerprint density at radius 1 is 0.964 bits per heavy atom. The van der Waals surface area contributed by atoms with Gasteiger partial charge in [-0.25, -0.2) is 4.98 Å². The van der Waals surface area contributed by atoms with Gasteiger partial charge in [0.25, 0.3) is 0 Å². The van der Waals surface area contributed by atoms with Crippen LogP contribution in [0.5, 0.6) is 5.75 Å². The van der Waals surface area contributed by atoms with Crippen molar-refractivity contribution in [1.82, 2.24) is 9.97 Å². The molecule has 0 amide bonds. The number of hydrogen-bond acceptors (Lipinski definition) is 5. The van der Waals surface area contributed by atoms with Gasteiger partial charge in [0.05, 0.1) is 7.11 Å². The van der Waals surface area contributed by atoms with E-state index in [9.17, 15) is 0 Å². The zero-order valence-corrected chi connectivity index (χ0v) is 17.0. The van der Waals surface area contributed by atoms with Crippen LogP contribution in [0.25, 0.3) is 0 Å². The molecule has 146 valence electrons. The van der Waals surface area contributed by atoms with E-state index in [0.29, 0.717) is 6.54 Å². The molecule has 0 fully saturated rings. The van der Waals surface area contributed by atoms with Crippen molar-refractivity contribution in [3.63, 3.8) is 0 Å². The lowest BCUT2D eigenvalue weighted by Gasteiger charge is -2.27. The molecule has 0 bridgehead atoms. The molecule has 0 aliphatic carbocycles. The molecule has 0 saturated heterocycles. The van der Waals surface area contributed by atoms with Gasteiger partial charge in [-0.2, -0.15) is 4.98 Å². The lowest BCUT2D eigenvalue weighted by atomic mass is 10.2. The fourth-order valence-corrected chi connectivity index (χ4v) is 2.97. The van der Waals surface area contributed by atoms with Gasteiger partial charge in [0.2, 0.25) is 5.95 Å². The van der Waals surface area contributed by atoms with Gasteiger partial charge in [0, 0.05) is 30.9 Å². The van der Waals surface area contributed by atoms with Crippen LogP contribution in [0.15, 0.2) is 60.7 Å². The first kappa shape index (κ1) is 19.7. The zero-order valence-electron chi connectivity index (χ0n) is 17.0. The Balaban J connectivity index is 1.76. The summed E-state index contributed by atoms with van der Waals surface area (Å²) in [5.74, 6) is 2.44. The predicted molar refractivity (Wildman–Crippen MR) is 115 cm³/mol. The summed E-state index contributed by atoms with van der Waals surface area (Å²) in [6, 6.07) is 20.7.